The van der Waals surface area contributed by atoms with E-state index >= 15 is 0 Å². The Bertz CT molecular complexity index is 1150. The number of nitrogens with zero attached hydrogens (tertiary/aromatic N) is 5. The first-order valence-corrected chi connectivity index (χ1v) is 11.3. The van der Waals surface area contributed by atoms with Crippen LogP contribution in [0, 0.1) is 0 Å². The summed E-state index contributed by atoms with van der Waals surface area (Å²) >= 11 is 0. The lowest BCUT2D eigenvalue weighted by atomic mass is 10.1. The summed E-state index contributed by atoms with van der Waals surface area (Å²) in [6, 6.07) is 7.48. The van der Waals surface area contributed by atoms with Crippen molar-refractivity contribution in [2.24, 2.45) is 10.2 Å². The van der Waals surface area contributed by atoms with Gasteiger partial charge in [0.05, 0.1) is 31.9 Å². The van der Waals surface area contributed by atoms with Gasteiger partial charge in [-0.15, -0.1) is 10.2 Å². The summed E-state index contributed by atoms with van der Waals surface area (Å²) in [7, 11) is 0. The van der Waals surface area contributed by atoms with Crippen molar-refractivity contribution in [1.29, 1.82) is 0 Å². The lowest BCUT2D eigenvalue weighted by molar-refractivity contribution is 0.263. The molecule has 3 N–H and O–H groups in total. The van der Waals surface area contributed by atoms with E-state index in [4.69, 9.17) is 24.7 Å². The molecule has 1 aromatic heterocycles. The van der Waals surface area contributed by atoms with Crippen LogP contribution in [0.25, 0.3) is 0 Å². The lowest BCUT2D eigenvalue weighted by Gasteiger charge is -2.36. The Hall–Kier alpha value is -4.15. The third-order valence-electron chi connectivity index (χ3n) is 5.94. The Kier molecular flexibility index (Phi) is 6.21. The highest BCUT2D eigenvalue weighted by Crippen LogP contribution is 2.45. The number of azo groups is 1. The summed E-state index contributed by atoms with van der Waals surface area (Å²) in [5.74, 6) is 3.79. The van der Waals surface area contributed by atoms with Gasteiger partial charge in [0.25, 0.3) is 0 Å². The number of nitrogens with one attached hydrogen (secondary N) is 1. The van der Waals surface area contributed by atoms with Gasteiger partial charge >= 0.3 is 0 Å². The average molecular weight is 480 g/mol. The Morgan fingerprint density at radius 2 is 1.23 bits per heavy atom. The fourth-order valence-corrected chi connectivity index (χ4v) is 4.44. The molecule has 11 nitrogen and oxygen atoms in total. The molecule has 0 fully saturated rings. The second-order valence-electron chi connectivity index (χ2n) is 8.14. The van der Waals surface area contributed by atoms with Crippen molar-refractivity contribution in [3.63, 3.8) is 0 Å². The molecule has 184 valence electrons. The first-order valence-electron chi connectivity index (χ1n) is 11.3. The Morgan fingerprint density at radius 3 is 1.69 bits per heavy atom. The summed E-state index contributed by atoms with van der Waals surface area (Å²) in [4.78, 5) is 11.4. The molecular weight excluding hydrogens is 450 g/mol. The number of nitrogens with two attached hydrogens (primary N) is 1. The van der Waals surface area contributed by atoms with Crippen LogP contribution in [0.15, 0.2) is 46.9 Å². The van der Waals surface area contributed by atoms with Crippen LogP contribution in [0.4, 0.5) is 28.7 Å². The highest BCUT2D eigenvalue weighted by molar-refractivity contribution is 5.75. The molecule has 4 aliphatic heterocycles. The van der Waals surface area contributed by atoms with Gasteiger partial charge in [-0.2, -0.15) is 0 Å². The molecule has 0 bridgehead atoms. The van der Waals surface area contributed by atoms with E-state index in [2.05, 4.69) is 30.0 Å². The highest BCUT2D eigenvalue weighted by Gasteiger charge is 2.27. The molecular formula is C24H29N7O4. The van der Waals surface area contributed by atoms with Crippen LogP contribution in [0.3, 0.4) is 0 Å². The van der Waals surface area contributed by atoms with E-state index in [1.807, 2.05) is 24.3 Å². The van der Waals surface area contributed by atoms with Crippen LogP contribution < -0.4 is 34.5 Å². The van der Waals surface area contributed by atoms with Gasteiger partial charge in [-0.3, -0.25) is 0 Å². The van der Waals surface area contributed by atoms with Crippen molar-refractivity contribution >= 4 is 28.7 Å². The Balaban J connectivity index is 0.000000149. The predicted octanol–water partition coefficient (Wildman–Crippen LogP) is 3.91. The molecule has 5 heterocycles. The average Bonchev–Trinajstić information content (AvgIpc) is 3.38. The number of H-pyrrole nitrogens is 1. The molecule has 7 rings (SSSR count). The van der Waals surface area contributed by atoms with Gasteiger partial charge in [0.1, 0.15) is 60.8 Å². The molecule has 0 aliphatic carbocycles. The fourth-order valence-electron chi connectivity index (χ4n) is 4.44. The molecule has 0 saturated heterocycles. The number of aromatic nitrogens is 2. The van der Waals surface area contributed by atoms with Crippen LogP contribution in [-0.2, 0) is 0 Å². The number of ether oxygens (including phenoxy) is 4. The summed E-state index contributed by atoms with van der Waals surface area (Å²) in [6.07, 6.45) is 3.34. The topological polar surface area (TPSA) is 123 Å². The van der Waals surface area contributed by atoms with E-state index in [-0.39, 0.29) is 7.43 Å². The second-order valence-corrected chi connectivity index (χ2v) is 8.14. The molecule has 11 heteroatoms. The van der Waals surface area contributed by atoms with Gasteiger partial charge in [0.15, 0.2) is 0 Å². The van der Waals surface area contributed by atoms with Crippen molar-refractivity contribution in [3.05, 3.63) is 36.7 Å². The smallest absolute Gasteiger partial charge is 0.246 e. The van der Waals surface area contributed by atoms with Crippen LogP contribution >= 0.6 is 0 Å². The molecule has 0 atom stereocenters. The van der Waals surface area contributed by atoms with Gasteiger partial charge in [-0.25, -0.2) is 4.98 Å². The third-order valence-corrected chi connectivity index (χ3v) is 5.94. The first kappa shape index (κ1) is 22.6. The van der Waals surface area contributed by atoms with Gasteiger partial charge < -0.3 is 39.5 Å². The van der Waals surface area contributed by atoms with Gasteiger partial charge in [0.2, 0.25) is 5.95 Å². The number of rotatable bonds is 2. The monoisotopic (exact) mass is 479 g/mol. The molecule has 0 radical (unpaired) electrons. The molecule has 2 aromatic carbocycles. The molecule has 4 aliphatic rings. The van der Waals surface area contributed by atoms with Crippen molar-refractivity contribution in [2.45, 2.75) is 7.43 Å². The SMILES string of the molecule is C.Nc1cc2c3c(c1)OCCN3CCO2.c1c[nH]c(N=Nc2cc3c4c(c2)OCCN4CCO3)n1. The standard InChI is InChI=1S/C13H13N5O2.C10H12N2O2.CH4/c1-2-15-13(14-1)17-16-9-7-10-12-11(8-9)20-6-4-18(12)3-5-19-10;11-7-5-8-10-9(6-7)14-4-2-12(10)1-3-13-8;/h1-2,7-8H,3-6H2,(H,14,15);5-6H,1-4,11H2;1H4. The van der Waals surface area contributed by atoms with Crippen molar-refractivity contribution in [2.75, 3.05) is 68.1 Å². The lowest BCUT2D eigenvalue weighted by Crippen LogP contribution is -2.39. The van der Waals surface area contributed by atoms with Gasteiger partial charge in [-0.05, 0) is 0 Å². The summed E-state index contributed by atoms with van der Waals surface area (Å²) in [6.45, 7) is 6.51. The summed E-state index contributed by atoms with van der Waals surface area (Å²) < 4.78 is 22.5. The summed E-state index contributed by atoms with van der Waals surface area (Å²) in [5, 5.41) is 8.20. The quantitative estimate of drug-likeness (QED) is 0.419. The summed E-state index contributed by atoms with van der Waals surface area (Å²) in [5.41, 5.74) is 9.23. The normalized spacial score (nSPS) is 16.8. The third kappa shape index (κ3) is 4.48. The van der Waals surface area contributed by atoms with Crippen LogP contribution in [0.1, 0.15) is 7.43 Å². The van der Waals surface area contributed by atoms with E-state index in [0.29, 0.717) is 30.5 Å². The van der Waals surface area contributed by atoms with Crippen molar-refractivity contribution in [1.82, 2.24) is 9.97 Å². The first-order chi connectivity index (χ1) is 16.7. The van der Waals surface area contributed by atoms with Crippen LogP contribution in [0.2, 0.25) is 0 Å². The number of aromatic amines is 1. The van der Waals surface area contributed by atoms with Gasteiger partial charge in [0, 0.05) is 42.3 Å². The number of nitrogen functional groups attached to an aromatic ring is 1. The number of hydrogen-bond acceptors (Lipinski definition) is 10. The van der Waals surface area contributed by atoms with E-state index in [9.17, 15) is 0 Å². The van der Waals surface area contributed by atoms with E-state index in [1.54, 1.807) is 12.4 Å². The maximum atomic E-state index is 5.75. The van der Waals surface area contributed by atoms with Crippen molar-refractivity contribution < 1.29 is 18.9 Å². The van der Waals surface area contributed by atoms with Crippen LogP contribution in [0.5, 0.6) is 23.0 Å². The zero-order chi connectivity index (χ0) is 22.9. The number of imidazole rings is 1. The minimum atomic E-state index is 0. The molecule has 0 saturated carbocycles. The predicted molar refractivity (Wildman–Crippen MR) is 133 cm³/mol. The Labute approximate surface area is 203 Å². The molecule has 0 unspecified atom stereocenters. The number of anilines is 3. The maximum Gasteiger partial charge on any atom is 0.246 e. The molecule has 3 aromatic rings. The maximum absolute atomic E-state index is 5.75. The van der Waals surface area contributed by atoms with Crippen molar-refractivity contribution in [3.8, 4) is 23.0 Å². The minimum absolute atomic E-state index is 0. The van der Waals surface area contributed by atoms with E-state index in [0.717, 1.165) is 73.8 Å². The molecule has 0 amide bonds. The minimum Gasteiger partial charge on any atom is -0.489 e. The second kappa shape index (κ2) is 9.61. The zero-order valence-corrected chi connectivity index (χ0v) is 18.6. The fraction of sp³-hybridized carbons (Fsp3) is 0.375. The largest absolute Gasteiger partial charge is 0.489 e. The highest BCUT2D eigenvalue weighted by atomic mass is 16.5. The number of benzene rings is 2. The molecule has 0 spiro atoms. The van der Waals surface area contributed by atoms with Gasteiger partial charge in [-0.1, -0.05) is 7.43 Å². The van der Waals surface area contributed by atoms with E-state index < -0.39 is 0 Å². The van der Waals surface area contributed by atoms with E-state index in [1.165, 1.54) is 0 Å². The number of hydrogen-bond donors (Lipinski definition) is 2. The zero-order valence-electron chi connectivity index (χ0n) is 18.6. The Morgan fingerprint density at radius 1 is 0.743 bits per heavy atom. The molecule has 35 heavy (non-hydrogen) atoms. The van der Waals surface area contributed by atoms with Crippen LogP contribution in [-0.4, -0.2) is 62.6 Å².